The van der Waals surface area contributed by atoms with Crippen LogP contribution in [0.3, 0.4) is 0 Å². The first-order chi connectivity index (χ1) is 11.9. The number of rotatable bonds is 5. The van der Waals surface area contributed by atoms with E-state index in [2.05, 4.69) is 24.1 Å². The lowest BCUT2D eigenvalue weighted by Crippen LogP contribution is -2.63. The van der Waals surface area contributed by atoms with Gasteiger partial charge in [-0.25, -0.2) is 0 Å². The summed E-state index contributed by atoms with van der Waals surface area (Å²) in [6.07, 6.45) is 7.47. The Morgan fingerprint density at radius 3 is 2.56 bits per heavy atom. The van der Waals surface area contributed by atoms with Crippen molar-refractivity contribution in [3.05, 3.63) is 23.7 Å². The second kappa shape index (κ2) is 10.1. The standard InChI is InChI=1S/C19H31N3O3.2ClH/c1-18(2)14-22(8-9-25-18)19(6-4-3-5-7-19)13-21-17(23)15-10-16(11-20)24-12-15;;/h10,12H,3-9,11,13-14,20H2,1-2H3,(H,21,23);2*1H. The van der Waals surface area contributed by atoms with Crippen molar-refractivity contribution in [1.29, 1.82) is 0 Å². The predicted molar refractivity (Wildman–Crippen MR) is 111 cm³/mol. The van der Waals surface area contributed by atoms with Crippen LogP contribution in [0, 0.1) is 0 Å². The van der Waals surface area contributed by atoms with Crippen LogP contribution in [-0.4, -0.2) is 48.2 Å². The predicted octanol–water partition coefficient (Wildman–Crippen LogP) is 3.13. The summed E-state index contributed by atoms with van der Waals surface area (Å²) in [5.41, 5.74) is 6.01. The first kappa shape index (κ1) is 24.2. The number of carbonyl (C=O) groups excluding carboxylic acids is 1. The van der Waals surface area contributed by atoms with Crippen LogP contribution in [-0.2, 0) is 11.3 Å². The summed E-state index contributed by atoms with van der Waals surface area (Å²) < 4.78 is 11.2. The molecule has 1 aliphatic heterocycles. The molecule has 6 nitrogen and oxygen atoms in total. The van der Waals surface area contributed by atoms with Crippen LogP contribution in [0.25, 0.3) is 0 Å². The Kier molecular flexibility index (Phi) is 9.09. The highest BCUT2D eigenvalue weighted by Gasteiger charge is 2.42. The van der Waals surface area contributed by atoms with Gasteiger partial charge in [0.15, 0.2) is 0 Å². The highest BCUT2D eigenvalue weighted by Crippen LogP contribution is 2.36. The number of halogens is 2. The largest absolute Gasteiger partial charge is 0.467 e. The van der Waals surface area contributed by atoms with Gasteiger partial charge in [0, 0.05) is 25.2 Å². The zero-order valence-electron chi connectivity index (χ0n) is 16.3. The molecule has 0 atom stereocenters. The molecule has 1 saturated carbocycles. The summed E-state index contributed by atoms with van der Waals surface area (Å²) in [5, 5.41) is 3.15. The maximum atomic E-state index is 12.5. The van der Waals surface area contributed by atoms with E-state index in [4.69, 9.17) is 14.9 Å². The lowest BCUT2D eigenvalue weighted by molar-refractivity contribution is -0.122. The van der Waals surface area contributed by atoms with E-state index in [0.717, 1.165) is 32.5 Å². The third-order valence-electron chi connectivity index (χ3n) is 5.58. The zero-order valence-corrected chi connectivity index (χ0v) is 17.9. The summed E-state index contributed by atoms with van der Waals surface area (Å²) in [4.78, 5) is 15.1. The number of nitrogens with zero attached hydrogens (tertiary/aromatic N) is 1. The molecule has 1 aromatic heterocycles. The summed E-state index contributed by atoms with van der Waals surface area (Å²) >= 11 is 0. The number of hydrogen-bond acceptors (Lipinski definition) is 5. The average molecular weight is 422 g/mol. The van der Waals surface area contributed by atoms with Crippen LogP contribution in [0.1, 0.15) is 62.1 Å². The maximum Gasteiger partial charge on any atom is 0.254 e. The maximum absolute atomic E-state index is 12.5. The van der Waals surface area contributed by atoms with Gasteiger partial charge in [-0.05, 0) is 32.8 Å². The smallest absolute Gasteiger partial charge is 0.254 e. The second-order valence-electron chi connectivity index (χ2n) is 8.00. The van der Waals surface area contributed by atoms with E-state index in [9.17, 15) is 4.79 Å². The van der Waals surface area contributed by atoms with Crippen molar-refractivity contribution in [3.63, 3.8) is 0 Å². The molecule has 27 heavy (non-hydrogen) atoms. The normalized spacial score (nSPS) is 21.6. The van der Waals surface area contributed by atoms with Gasteiger partial charge in [-0.3, -0.25) is 9.69 Å². The Bertz CT molecular complexity index is 601. The fourth-order valence-corrected chi connectivity index (χ4v) is 4.19. The van der Waals surface area contributed by atoms with Gasteiger partial charge < -0.3 is 20.2 Å². The highest BCUT2D eigenvalue weighted by molar-refractivity contribution is 5.94. The van der Waals surface area contributed by atoms with Gasteiger partial charge in [0.05, 0.1) is 24.3 Å². The van der Waals surface area contributed by atoms with E-state index in [1.54, 1.807) is 6.07 Å². The Morgan fingerprint density at radius 2 is 1.96 bits per heavy atom. The minimum absolute atomic E-state index is 0. The lowest BCUT2D eigenvalue weighted by Gasteiger charge is -2.51. The molecule has 1 aliphatic carbocycles. The molecule has 0 radical (unpaired) electrons. The molecule has 0 bridgehead atoms. The van der Waals surface area contributed by atoms with E-state index >= 15 is 0 Å². The fourth-order valence-electron chi connectivity index (χ4n) is 4.19. The van der Waals surface area contributed by atoms with Gasteiger partial charge >= 0.3 is 0 Å². The minimum Gasteiger partial charge on any atom is -0.467 e. The number of nitrogens with one attached hydrogen (secondary N) is 1. The average Bonchev–Trinajstić information content (AvgIpc) is 3.09. The molecule has 3 rings (SSSR count). The summed E-state index contributed by atoms with van der Waals surface area (Å²) in [6, 6.07) is 1.72. The zero-order chi connectivity index (χ0) is 17.9. The molecule has 1 saturated heterocycles. The van der Waals surface area contributed by atoms with Crippen LogP contribution in [0.4, 0.5) is 0 Å². The summed E-state index contributed by atoms with van der Waals surface area (Å²) in [7, 11) is 0. The molecule has 2 aliphatic rings. The van der Waals surface area contributed by atoms with Gasteiger partial charge in [-0.15, -0.1) is 24.8 Å². The van der Waals surface area contributed by atoms with Crippen LogP contribution < -0.4 is 11.1 Å². The van der Waals surface area contributed by atoms with E-state index < -0.39 is 0 Å². The van der Waals surface area contributed by atoms with Crippen LogP contribution in [0.15, 0.2) is 16.7 Å². The van der Waals surface area contributed by atoms with Gasteiger partial charge in [0.25, 0.3) is 5.91 Å². The number of ether oxygens (including phenoxy) is 1. The van der Waals surface area contributed by atoms with E-state index in [0.29, 0.717) is 24.4 Å². The van der Waals surface area contributed by atoms with Crippen LogP contribution in [0.5, 0.6) is 0 Å². The van der Waals surface area contributed by atoms with E-state index in [-0.39, 0.29) is 41.9 Å². The molecule has 0 unspecified atom stereocenters. The molecule has 1 amide bonds. The lowest BCUT2D eigenvalue weighted by atomic mass is 9.79. The Hall–Kier alpha value is -0.790. The number of amides is 1. The van der Waals surface area contributed by atoms with Gasteiger partial charge in [-0.1, -0.05) is 19.3 Å². The second-order valence-corrected chi connectivity index (χ2v) is 8.00. The molecule has 1 aromatic rings. The quantitative estimate of drug-likeness (QED) is 0.762. The van der Waals surface area contributed by atoms with Crippen molar-refractivity contribution in [2.24, 2.45) is 5.73 Å². The number of furan rings is 1. The molecular formula is C19H33Cl2N3O3. The fraction of sp³-hybridized carbons (Fsp3) is 0.737. The molecule has 8 heteroatoms. The Balaban J connectivity index is 0.00000182. The summed E-state index contributed by atoms with van der Waals surface area (Å²) in [5.74, 6) is 0.549. The van der Waals surface area contributed by atoms with Crippen molar-refractivity contribution < 1.29 is 13.9 Å². The third-order valence-corrected chi connectivity index (χ3v) is 5.58. The van der Waals surface area contributed by atoms with E-state index in [1.807, 2.05) is 0 Å². The molecule has 0 aromatic carbocycles. The van der Waals surface area contributed by atoms with E-state index in [1.165, 1.54) is 25.5 Å². The summed E-state index contributed by atoms with van der Waals surface area (Å²) in [6.45, 7) is 7.87. The van der Waals surface area contributed by atoms with Crippen LogP contribution in [0.2, 0.25) is 0 Å². The van der Waals surface area contributed by atoms with Gasteiger partial charge in [-0.2, -0.15) is 0 Å². The topological polar surface area (TPSA) is 80.7 Å². The molecule has 2 fully saturated rings. The van der Waals surface area contributed by atoms with Gasteiger partial charge in [0.1, 0.15) is 12.0 Å². The molecular weight excluding hydrogens is 389 g/mol. The number of nitrogens with two attached hydrogens (primary N) is 1. The highest BCUT2D eigenvalue weighted by atomic mass is 35.5. The SMILES string of the molecule is CC1(C)CN(C2(CNC(=O)c3coc(CN)c3)CCCCC2)CCO1.Cl.Cl. The first-order valence-electron chi connectivity index (χ1n) is 9.39. The monoisotopic (exact) mass is 421 g/mol. The van der Waals surface area contributed by atoms with Crippen LogP contribution >= 0.6 is 24.8 Å². The first-order valence-corrected chi connectivity index (χ1v) is 9.39. The van der Waals surface area contributed by atoms with Crippen molar-refractivity contribution in [2.75, 3.05) is 26.2 Å². The number of hydrogen-bond donors (Lipinski definition) is 2. The van der Waals surface area contributed by atoms with Crippen molar-refractivity contribution >= 4 is 30.7 Å². The Labute approximate surface area is 174 Å². The van der Waals surface area contributed by atoms with Crippen molar-refractivity contribution in [2.45, 2.75) is 63.6 Å². The van der Waals surface area contributed by atoms with Crippen molar-refractivity contribution in [1.82, 2.24) is 10.2 Å². The molecule has 156 valence electrons. The van der Waals surface area contributed by atoms with Crippen molar-refractivity contribution in [3.8, 4) is 0 Å². The van der Waals surface area contributed by atoms with Gasteiger partial charge in [0.2, 0.25) is 0 Å². The molecule has 0 spiro atoms. The minimum atomic E-state index is -0.132. The number of carbonyl (C=O) groups is 1. The molecule has 2 heterocycles. The number of morpholine rings is 1. The third kappa shape index (κ3) is 5.84. The molecule has 3 N–H and O–H groups in total. The Morgan fingerprint density at radius 1 is 1.26 bits per heavy atom.